The number of ketones is 1. The lowest BCUT2D eigenvalue weighted by Gasteiger charge is -2.34. The first-order valence-electron chi connectivity index (χ1n) is 10.5. The second kappa shape index (κ2) is 6.32. The van der Waals surface area contributed by atoms with Crippen LogP contribution in [-0.2, 0) is 19.6 Å². The van der Waals surface area contributed by atoms with Crippen molar-refractivity contribution in [2.75, 3.05) is 13.2 Å². The molecule has 5 rings (SSSR count). The number of ether oxygens (including phenoxy) is 4. The summed E-state index contributed by atoms with van der Waals surface area (Å²) >= 11 is 0. The molecule has 2 heterocycles. The second-order valence-electron chi connectivity index (χ2n) is 9.69. The maximum Gasteiger partial charge on any atom is 0.193 e. The third kappa shape index (κ3) is 2.79. The van der Waals surface area contributed by atoms with Gasteiger partial charge in [-0.2, -0.15) is 0 Å². The fourth-order valence-corrected chi connectivity index (χ4v) is 4.98. The van der Waals surface area contributed by atoms with Gasteiger partial charge in [-0.1, -0.05) is 24.3 Å². The largest absolute Gasteiger partial charge is 0.491 e. The minimum atomic E-state index is -0.580. The van der Waals surface area contributed by atoms with Crippen LogP contribution in [0.4, 0.5) is 0 Å². The van der Waals surface area contributed by atoms with Gasteiger partial charge in [0.25, 0.3) is 0 Å². The third-order valence-electron chi connectivity index (χ3n) is 6.65. The van der Waals surface area contributed by atoms with Crippen LogP contribution in [0.2, 0.25) is 0 Å². The molecule has 2 aliphatic carbocycles. The predicted molar refractivity (Wildman–Crippen MR) is 112 cm³/mol. The number of benzene rings is 1. The highest BCUT2D eigenvalue weighted by molar-refractivity contribution is 6.13. The van der Waals surface area contributed by atoms with Crippen molar-refractivity contribution < 1.29 is 23.7 Å². The Balaban J connectivity index is 1.46. The first-order valence-corrected chi connectivity index (χ1v) is 10.5. The third-order valence-corrected chi connectivity index (χ3v) is 6.65. The fraction of sp³-hybridized carbons (Fsp3) is 0.480. The van der Waals surface area contributed by atoms with Gasteiger partial charge in [-0.15, -0.1) is 0 Å². The maximum atomic E-state index is 13.6. The Morgan fingerprint density at radius 1 is 1.13 bits per heavy atom. The average molecular weight is 408 g/mol. The average Bonchev–Trinajstić information content (AvgIpc) is 3.21. The van der Waals surface area contributed by atoms with E-state index in [0.29, 0.717) is 24.5 Å². The summed E-state index contributed by atoms with van der Waals surface area (Å²) in [5, 5.41) is 0. The molecule has 0 N–H and O–H groups in total. The van der Waals surface area contributed by atoms with Gasteiger partial charge in [0.05, 0.1) is 17.6 Å². The van der Waals surface area contributed by atoms with Gasteiger partial charge in [-0.3, -0.25) is 4.79 Å². The lowest BCUT2D eigenvalue weighted by Crippen LogP contribution is -2.34. The molecule has 0 radical (unpaired) electrons. The molecule has 30 heavy (non-hydrogen) atoms. The molecule has 1 saturated heterocycles. The van der Waals surface area contributed by atoms with E-state index in [1.807, 2.05) is 50.3 Å². The molecule has 0 spiro atoms. The lowest BCUT2D eigenvalue weighted by atomic mass is 9.65. The first-order chi connectivity index (χ1) is 14.1. The Kier molecular flexibility index (Phi) is 4.12. The van der Waals surface area contributed by atoms with Gasteiger partial charge in [0.2, 0.25) is 0 Å². The normalized spacial score (nSPS) is 32.5. The molecule has 158 valence electrons. The van der Waals surface area contributed by atoms with E-state index >= 15 is 0 Å². The molecule has 1 aromatic carbocycles. The van der Waals surface area contributed by atoms with Crippen molar-refractivity contribution in [2.45, 2.75) is 58.0 Å². The van der Waals surface area contributed by atoms with Gasteiger partial charge in [0, 0.05) is 11.0 Å². The van der Waals surface area contributed by atoms with E-state index in [-0.39, 0.29) is 18.0 Å². The molecule has 1 aromatic rings. The van der Waals surface area contributed by atoms with Crippen LogP contribution in [0.3, 0.4) is 0 Å². The van der Waals surface area contributed by atoms with Crippen molar-refractivity contribution in [2.24, 2.45) is 5.41 Å². The summed E-state index contributed by atoms with van der Waals surface area (Å²) in [6, 6.07) is 5.77. The van der Waals surface area contributed by atoms with Crippen molar-refractivity contribution in [3.63, 3.8) is 0 Å². The van der Waals surface area contributed by atoms with Gasteiger partial charge in [0.1, 0.15) is 30.3 Å². The number of allylic oxidation sites excluding steroid dienone is 3. The zero-order valence-corrected chi connectivity index (χ0v) is 18.2. The highest BCUT2D eigenvalue weighted by atomic mass is 16.7. The molecule has 3 atom stereocenters. The van der Waals surface area contributed by atoms with Crippen LogP contribution in [0.15, 0.2) is 53.8 Å². The Bertz CT molecular complexity index is 1010. The minimum absolute atomic E-state index is 0.0244. The van der Waals surface area contributed by atoms with Crippen LogP contribution < -0.4 is 4.74 Å². The van der Waals surface area contributed by atoms with E-state index < -0.39 is 16.6 Å². The van der Waals surface area contributed by atoms with Crippen molar-refractivity contribution in [3.05, 3.63) is 65.0 Å². The summed E-state index contributed by atoms with van der Waals surface area (Å²) in [7, 11) is 0. The van der Waals surface area contributed by atoms with Crippen LogP contribution in [-0.4, -0.2) is 37.0 Å². The molecule has 3 unspecified atom stereocenters. The van der Waals surface area contributed by atoms with Crippen molar-refractivity contribution in [1.82, 2.24) is 0 Å². The predicted octanol–water partition coefficient (Wildman–Crippen LogP) is 4.48. The Hall–Kier alpha value is -2.37. The first kappa shape index (κ1) is 19.6. The fourth-order valence-electron chi connectivity index (χ4n) is 4.98. The monoisotopic (exact) mass is 408 g/mol. The molecular weight excluding hydrogens is 380 g/mol. The summed E-state index contributed by atoms with van der Waals surface area (Å²) in [6.45, 7) is 11.0. The van der Waals surface area contributed by atoms with E-state index in [1.165, 1.54) is 0 Å². The van der Waals surface area contributed by atoms with Crippen LogP contribution in [0, 0.1) is 5.41 Å². The molecule has 4 aliphatic rings. The van der Waals surface area contributed by atoms with Gasteiger partial charge >= 0.3 is 0 Å². The van der Waals surface area contributed by atoms with Crippen LogP contribution in [0.5, 0.6) is 5.75 Å². The van der Waals surface area contributed by atoms with Crippen LogP contribution >= 0.6 is 0 Å². The van der Waals surface area contributed by atoms with Crippen molar-refractivity contribution in [1.29, 1.82) is 0 Å². The number of hydrogen-bond acceptors (Lipinski definition) is 5. The zero-order chi connectivity index (χ0) is 21.3. The molecule has 0 bridgehead atoms. The molecule has 0 saturated carbocycles. The number of carbonyl (C=O) groups is 1. The van der Waals surface area contributed by atoms with E-state index in [4.69, 9.17) is 18.9 Å². The highest BCUT2D eigenvalue weighted by Gasteiger charge is 2.55. The molecule has 0 aromatic heterocycles. The lowest BCUT2D eigenvalue weighted by molar-refractivity contribution is -0.141. The van der Waals surface area contributed by atoms with E-state index in [0.717, 1.165) is 16.9 Å². The van der Waals surface area contributed by atoms with Gasteiger partial charge in [0.15, 0.2) is 11.6 Å². The summed E-state index contributed by atoms with van der Waals surface area (Å²) in [6.07, 6.45) is 7.82. The second-order valence-corrected chi connectivity index (χ2v) is 9.69. The van der Waals surface area contributed by atoms with Gasteiger partial charge < -0.3 is 18.9 Å². The molecule has 5 heteroatoms. The summed E-state index contributed by atoms with van der Waals surface area (Å²) in [5.41, 5.74) is 1.57. The summed E-state index contributed by atoms with van der Waals surface area (Å²) in [5.74, 6) is 0.894. The standard InChI is InChI=1S/C25H28O5/c1-23(2)18-10-9-15(27-13-16-14-28-24(3,4)30-16)12-17(18)21(26)20-22(23)29-19-8-6-7-11-25(19,20)5/h6-12,16,19H,13-14H2,1-5H3. The quantitative estimate of drug-likeness (QED) is 0.738. The molecule has 1 fully saturated rings. The maximum absolute atomic E-state index is 13.6. The molecule has 2 aliphatic heterocycles. The van der Waals surface area contributed by atoms with E-state index in [2.05, 4.69) is 26.8 Å². The Morgan fingerprint density at radius 2 is 1.93 bits per heavy atom. The Morgan fingerprint density at radius 3 is 2.67 bits per heavy atom. The number of carbonyl (C=O) groups excluding carboxylic acids is 1. The van der Waals surface area contributed by atoms with Crippen LogP contribution in [0.1, 0.15) is 50.5 Å². The van der Waals surface area contributed by atoms with Crippen LogP contribution in [0.25, 0.3) is 0 Å². The van der Waals surface area contributed by atoms with Gasteiger partial charge in [-0.25, -0.2) is 0 Å². The molecule has 5 nitrogen and oxygen atoms in total. The zero-order valence-electron chi connectivity index (χ0n) is 18.2. The number of Topliss-reactive ketones (excluding diaryl/α,β-unsaturated/α-hetero) is 1. The summed E-state index contributed by atoms with van der Waals surface area (Å²) in [4.78, 5) is 13.6. The number of hydrogen-bond donors (Lipinski definition) is 0. The summed E-state index contributed by atoms with van der Waals surface area (Å²) < 4.78 is 23.7. The van der Waals surface area contributed by atoms with Crippen molar-refractivity contribution in [3.8, 4) is 5.75 Å². The molecule has 0 amide bonds. The van der Waals surface area contributed by atoms with Crippen molar-refractivity contribution >= 4 is 5.78 Å². The SMILES string of the molecule is CC1(C)OCC(COc2ccc3c(c2)C(=O)C2=C(OC4C=CC=CC24C)C3(C)C)O1. The minimum Gasteiger partial charge on any atom is -0.491 e. The van der Waals surface area contributed by atoms with Gasteiger partial charge in [-0.05, 0) is 58.4 Å². The van der Waals surface area contributed by atoms with E-state index in [1.54, 1.807) is 0 Å². The highest BCUT2D eigenvalue weighted by Crippen LogP contribution is 2.55. The smallest absolute Gasteiger partial charge is 0.193 e. The Labute approximate surface area is 177 Å². The number of fused-ring (bicyclic) bond motifs is 3. The van der Waals surface area contributed by atoms with E-state index in [9.17, 15) is 4.79 Å². The molecular formula is C25H28O5. The number of rotatable bonds is 3. The topological polar surface area (TPSA) is 54.0 Å².